The first-order valence-electron chi connectivity index (χ1n) is 8.42. The third-order valence-corrected chi connectivity index (χ3v) is 3.83. The van der Waals surface area contributed by atoms with Gasteiger partial charge in [-0.25, -0.2) is 0 Å². The molecular weight excluding hydrogens is 330 g/mol. The van der Waals surface area contributed by atoms with Crippen molar-refractivity contribution in [1.82, 2.24) is 15.5 Å². The molecule has 1 unspecified atom stereocenters. The Hall–Kier alpha value is -3.15. The number of aryl methyl sites for hydroxylation is 2. The zero-order valence-corrected chi connectivity index (χ0v) is 15.0. The monoisotopic (exact) mass is 351 g/mol. The van der Waals surface area contributed by atoms with Gasteiger partial charge in [0.1, 0.15) is 5.75 Å². The average molecular weight is 351 g/mol. The molecule has 1 atom stereocenters. The minimum absolute atomic E-state index is 0.152. The molecule has 134 valence electrons. The van der Waals surface area contributed by atoms with Gasteiger partial charge in [0.25, 0.3) is 5.91 Å². The van der Waals surface area contributed by atoms with Crippen molar-refractivity contribution in [2.45, 2.75) is 33.4 Å². The van der Waals surface area contributed by atoms with E-state index in [1.807, 2.05) is 62.4 Å². The number of amides is 1. The van der Waals surface area contributed by atoms with Gasteiger partial charge in [-0.15, -0.1) is 0 Å². The van der Waals surface area contributed by atoms with Crippen molar-refractivity contribution in [1.29, 1.82) is 0 Å². The molecule has 1 aromatic heterocycles. The van der Waals surface area contributed by atoms with Gasteiger partial charge in [0, 0.05) is 5.56 Å². The van der Waals surface area contributed by atoms with E-state index in [2.05, 4.69) is 15.5 Å². The maximum Gasteiger partial charge on any atom is 0.261 e. The van der Waals surface area contributed by atoms with Gasteiger partial charge in [-0.3, -0.25) is 4.79 Å². The van der Waals surface area contributed by atoms with Crippen LogP contribution in [0.5, 0.6) is 5.75 Å². The van der Waals surface area contributed by atoms with E-state index in [0.29, 0.717) is 17.5 Å². The van der Waals surface area contributed by atoms with E-state index < -0.39 is 6.10 Å². The van der Waals surface area contributed by atoms with E-state index in [-0.39, 0.29) is 12.5 Å². The average Bonchev–Trinajstić information content (AvgIpc) is 3.08. The van der Waals surface area contributed by atoms with E-state index in [1.165, 1.54) is 0 Å². The summed E-state index contributed by atoms with van der Waals surface area (Å²) in [6.45, 7) is 5.82. The predicted molar refractivity (Wildman–Crippen MR) is 97.6 cm³/mol. The van der Waals surface area contributed by atoms with Gasteiger partial charge in [-0.05, 0) is 44.5 Å². The van der Waals surface area contributed by atoms with E-state index >= 15 is 0 Å². The van der Waals surface area contributed by atoms with Gasteiger partial charge in [-0.2, -0.15) is 4.98 Å². The van der Waals surface area contributed by atoms with Crippen LogP contribution in [0.2, 0.25) is 0 Å². The van der Waals surface area contributed by atoms with Gasteiger partial charge in [0.15, 0.2) is 6.10 Å². The fraction of sp³-hybridized carbons (Fsp3) is 0.250. The minimum Gasteiger partial charge on any atom is -0.481 e. The number of benzene rings is 2. The largest absolute Gasteiger partial charge is 0.481 e. The molecule has 1 heterocycles. The van der Waals surface area contributed by atoms with Crippen LogP contribution in [0.1, 0.15) is 23.9 Å². The van der Waals surface area contributed by atoms with Crippen LogP contribution in [0, 0.1) is 13.8 Å². The highest BCUT2D eigenvalue weighted by molar-refractivity contribution is 5.80. The summed E-state index contributed by atoms with van der Waals surface area (Å²) < 4.78 is 10.9. The zero-order valence-electron chi connectivity index (χ0n) is 15.0. The van der Waals surface area contributed by atoms with Gasteiger partial charge < -0.3 is 14.6 Å². The quantitative estimate of drug-likeness (QED) is 0.736. The molecule has 26 heavy (non-hydrogen) atoms. The van der Waals surface area contributed by atoms with Gasteiger partial charge in [0.2, 0.25) is 11.7 Å². The van der Waals surface area contributed by atoms with Crippen molar-refractivity contribution in [3.63, 3.8) is 0 Å². The molecule has 3 rings (SSSR count). The fourth-order valence-corrected chi connectivity index (χ4v) is 2.48. The van der Waals surface area contributed by atoms with Crippen LogP contribution in [0.15, 0.2) is 53.1 Å². The lowest BCUT2D eigenvalue weighted by atomic mass is 10.1. The normalized spacial score (nSPS) is 11.8. The lowest BCUT2D eigenvalue weighted by molar-refractivity contribution is -0.127. The Morgan fingerprint density at radius 2 is 1.88 bits per heavy atom. The van der Waals surface area contributed by atoms with Crippen LogP contribution in [0.4, 0.5) is 0 Å². The number of aromatic nitrogens is 2. The zero-order chi connectivity index (χ0) is 18.5. The van der Waals surface area contributed by atoms with Crippen LogP contribution in [0.3, 0.4) is 0 Å². The third-order valence-electron chi connectivity index (χ3n) is 3.83. The van der Waals surface area contributed by atoms with Crippen molar-refractivity contribution in [3.8, 4) is 17.1 Å². The molecule has 0 aliphatic rings. The lowest BCUT2D eigenvalue weighted by Crippen LogP contribution is -2.36. The Kier molecular flexibility index (Phi) is 5.31. The molecule has 2 aromatic carbocycles. The fourth-order valence-electron chi connectivity index (χ4n) is 2.48. The molecule has 3 aromatic rings. The molecule has 6 heteroatoms. The predicted octanol–water partition coefficient (Wildman–Crippen LogP) is 3.44. The lowest BCUT2D eigenvalue weighted by Gasteiger charge is -2.14. The minimum atomic E-state index is -0.629. The highest BCUT2D eigenvalue weighted by atomic mass is 16.5. The highest BCUT2D eigenvalue weighted by Crippen LogP contribution is 2.17. The maximum atomic E-state index is 12.2. The Morgan fingerprint density at radius 3 is 2.62 bits per heavy atom. The standard InChI is InChI=1S/C20H21N3O3/c1-13-6-4-8-16(10-13)19-22-18(26-23-19)12-21-20(24)15(3)25-17-9-5-7-14(2)11-17/h4-11,15H,12H2,1-3H3,(H,21,24). The van der Waals surface area contributed by atoms with Crippen LogP contribution in [0.25, 0.3) is 11.4 Å². The second-order valence-electron chi connectivity index (χ2n) is 6.18. The van der Waals surface area contributed by atoms with E-state index in [9.17, 15) is 4.79 Å². The van der Waals surface area contributed by atoms with Gasteiger partial charge in [-0.1, -0.05) is 41.1 Å². The number of carbonyl (C=O) groups excluding carboxylic acids is 1. The summed E-state index contributed by atoms with van der Waals surface area (Å²) in [6.07, 6.45) is -0.629. The number of ether oxygens (including phenoxy) is 1. The Bertz CT molecular complexity index is 905. The van der Waals surface area contributed by atoms with E-state index in [4.69, 9.17) is 9.26 Å². The molecule has 0 saturated heterocycles. The molecule has 0 spiro atoms. The SMILES string of the molecule is Cc1cccc(OC(C)C(=O)NCc2nc(-c3cccc(C)c3)no2)c1. The van der Waals surface area contributed by atoms with Gasteiger partial charge in [0.05, 0.1) is 6.54 Å². The summed E-state index contributed by atoms with van der Waals surface area (Å²) in [5.41, 5.74) is 3.07. The molecule has 1 amide bonds. The van der Waals surface area contributed by atoms with Gasteiger partial charge >= 0.3 is 0 Å². The van der Waals surface area contributed by atoms with Crippen LogP contribution in [-0.4, -0.2) is 22.2 Å². The second-order valence-corrected chi connectivity index (χ2v) is 6.18. The Balaban J connectivity index is 1.56. The first-order chi connectivity index (χ1) is 12.5. The summed E-state index contributed by atoms with van der Waals surface area (Å²) >= 11 is 0. The first-order valence-corrected chi connectivity index (χ1v) is 8.42. The molecule has 0 radical (unpaired) electrons. The molecule has 0 aliphatic carbocycles. The van der Waals surface area contributed by atoms with Crippen molar-refractivity contribution < 1.29 is 14.1 Å². The second kappa shape index (κ2) is 7.82. The van der Waals surface area contributed by atoms with Crippen molar-refractivity contribution >= 4 is 5.91 Å². The van der Waals surface area contributed by atoms with Crippen LogP contribution < -0.4 is 10.1 Å². The summed E-state index contributed by atoms with van der Waals surface area (Å²) in [7, 11) is 0. The van der Waals surface area contributed by atoms with E-state index in [0.717, 1.165) is 16.7 Å². The molecule has 0 bridgehead atoms. The number of hydrogen-bond acceptors (Lipinski definition) is 5. The third kappa shape index (κ3) is 4.47. The number of rotatable bonds is 6. The van der Waals surface area contributed by atoms with E-state index in [1.54, 1.807) is 6.92 Å². The maximum absolute atomic E-state index is 12.2. The summed E-state index contributed by atoms with van der Waals surface area (Å²) in [4.78, 5) is 16.5. The molecule has 6 nitrogen and oxygen atoms in total. The number of nitrogens with zero attached hydrogens (tertiary/aromatic N) is 2. The summed E-state index contributed by atoms with van der Waals surface area (Å²) in [5.74, 6) is 1.26. The number of nitrogens with one attached hydrogen (secondary N) is 1. The van der Waals surface area contributed by atoms with Crippen molar-refractivity contribution in [2.75, 3.05) is 0 Å². The van der Waals surface area contributed by atoms with Crippen LogP contribution in [-0.2, 0) is 11.3 Å². The van der Waals surface area contributed by atoms with Crippen molar-refractivity contribution in [3.05, 3.63) is 65.5 Å². The Labute approximate surface area is 152 Å². The first kappa shape index (κ1) is 17.7. The topological polar surface area (TPSA) is 77.2 Å². The summed E-state index contributed by atoms with van der Waals surface area (Å²) in [6, 6.07) is 15.4. The number of carbonyl (C=O) groups is 1. The molecule has 0 fully saturated rings. The molecule has 0 aliphatic heterocycles. The highest BCUT2D eigenvalue weighted by Gasteiger charge is 2.16. The summed E-state index contributed by atoms with van der Waals surface area (Å²) in [5, 5.41) is 6.71. The van der Waals surface area contributed by atoms with Crippen LogP contribution >= 0.6 is 0 Å². The molecular formula is C20H21N3O3. The van der Waals surface area contributed by atoms with Crippen molar-refractivity contribution in [2.24, 2.45) is 0 Å². The molecule has 1 N–H and O–H groups in total. The number of hydrogen-bond donors (Lipinski definition) is 1. The molecule has 0 saturated carbocycles. The smallest absolute Gasteiger partial charge is 0.261 e. The Morgan fingerprint density at radius 1 is 1.15 bits per heavy atom.